The van der Waals surface area contributed by atoms with Gasteiger partial charge in [-0.3, -0.25) is 4.79 Å². The Morgan fingerprint density at radius 2 is 1.71 bits per heavy atom. The van der Waals surface area contributed by atoms with Crippen molar-refractivity contribution in [2.45, 2.75) is 13.0 Å². The molecular weight excluding hydrogens is 345 g/mol. The van der Waals surface area contributed by atoms with Crippen LogP contribution < -0.4 is 5.32 Å². The first kappa shape index (κ1) is 16.6. The van der Waals surface area contributed by atoms with Crippen molar-refractivity contribution in [1.82, 2.24) is 9.78 Å². The number of benzene rings is 2. The highest BCUT2D eigenvalue weighted by Crippen LogP contribution is 2.26. The third-order valence-corrected chi connectivity index (χ3v) is 4.27. The van der Waals surface area contributed by atoms with Crippen LogP contribution in [0.25, 0.3) is 0 Å². The van der Waals surface area contributed by atoms with Gasteiger partial charge in [0, 0.05) is 21.7 Å². The van der Waals surface area contributed by atoms with Crippen LogP contribution in [0.3, 0.4) is 0 Å². The van der Waals surface area contributed by atoms with Gasteiger partial charge in [0.05, 0.1) is 19.2 Å². The summed E-state index contributed by atoms with van der Waals surface area (Å²) in [5.41, 5.74) is 1.72. The highest BCUT2D eigenvalue weighted by Gasteiger charge is 2.12. The first-order valence-corrected chi connectivity index (χ1v) is 8.17. The molecule has 0 fully saturated rings. The molecule has 122 valence electrons. The zero-order valence-corrected chi connectivity index (χ0v) is 14.3. The number of hydrogen-bond donors (Lipinski definition) is 1. The molecule has 0 atom stereocenters. The van der Waals surface area contributed by atoms with E-state index in [1.807, 2.05) is 30.3 Å². The zero-order valence-electron chi connectivity index (χ0n) is 12.7. The monoisotopic (exact) mass is 359 g/mol. The standard InChI is InChI=1S/C18H15Cl2N3O/c19-15-7-4-8-16(20)14(15)12-23-17(9-10-21-23)22-18(24)11-13-5-2-1-3-6-13/h1-10H,11-12H2,(H,22,24). The highest BCUT2D eigenvalue weighted by molar-refractivity contribution is 6.35. The fraction of sp³-hybridized carbons (Fsp3) is 0.111. The van der Waals surface area contributed by atoms with E-state index in [0.29, 0.717) is 28.8 Å². The van der Waals surface area contributed by atoms with Gasteiger partial charge in [0.25, 0.3) is 0 Å². The molecule has 3 aromatic rings. The first-order valence-electron chi connectivity index (χ1n) is 7.42. The van der Waals surface area contributed by atoms with E-state index >= 15 is 0 Å². The summed E-state index contributed by atoms with van der Waals surface area (Å²) in [6, 6.07) is 16.7. The van der Waals surface area contributed by atoms with Gasteiger partial charge in [-0.2, -0.15) is 5.10 Å². The van der Waals surface area contributed by atoms with Crippen LogP contribution >= 0.6 is 23.2 Å². The van der Waals surface area contributed by atoms with E-state index in [2.05, 4.69) is 10.4 Å². The average molecular weight is 360 g/mol. The number of carbonyl (C=O) groups is 1. The zero-order chi connectivity index (χ0) is 16.9. The average Bonchev–Trinajstić information content (AvgIpc) is 2.99. The molecule has 0 aliphatic rings. The lowest BCUT2D eigenvalue weighted by atomic mass is 10.1. The maximum absolute atomic E-state index is 12.2. The number of nitrogens with one attached hydrogen (secondary N) is 1. The Morgan fingerprint density at radius 1 is 1.00 bits per heavy atom. The molecule has 0 saturated heterocycles. The van der Waals surface area contributed by atoms with E-state index in [4.69, 9.17) is 23.2 Å². The molecular formula is C18H15Cl2N3O. The predicted molar refractivity (Wildman–Crippen MR) is 96.6 cm³/mol. The van der Waals surface area contributed by atoms with Crippen LogP contribution in [0, 0.1) is 0 Å². The van der Waals surface area contributed by atoms with Gasteiger partial charge in [-0.25, -0.2) is 4.68 Å². The van der Waals surface area contributed by atoms with E-state index in [-0.39, 0.29) is 5.91 Å². The topological polar surface area (TPSA) is 46.9 Å². The van der Waals surface area contributed by atoms with Crippen LogP contribution in [0.1, 0.15) is 11.1 Å². The summed E-state index contributed by atoms with van der Waals surface area (Å²) in [4.78, 5) is 12.2. The Morgan fingerprint density at radius 3 is 2.42 bits per heavy atom. The van der Waals surface area contributed by atoms with Gasteiger partial charge in [-0.15, -0.1) is 0 Å². The SMILES string of the molecule is O=C(Cc1ccccc1)Nc1ccnn1Cc1c(Cl)cccc1Cl. The number of halogens is 2. The maximum atomic E-state index is 12.2. The molecule has 1 N–H and O–H groups in total. The summed E-state index contributed by atoms with van der Waals surface area (Å²) in [5.74, 6) is 0.500. The van der Waals surface area contributed by atoms with Crippen molar-refractivity contribution in [3.63, 3.8) is 0 Å². The van der Waals surface area contributed by atoms with Crippen molar-refractivity contribution in [3.8, 4) is 0 Å². The second-order valence-corrected chi connectivity index (χ2v) is 6.10. The quantitative estimate of drug-likeness (QED) is 0.732. The second kappa shape index (κ2) is 7.51. The van der Waals surface area contributed by atoms with Gasteiger partial charge in [-0.05, 0) is 17.7 Å². The Labute approximate surface area is 150 Å². The summed E-state index contributed by atoms with van der Waals surface area (Å²) < 4.78 is 1.66. The molecule has 0 bridgehead atoms. The Hall–Kier alpha value is -2.30. The van der Waals surface area contributed by atoms with Gasteiger partial charge >= 0.3 is 0 Å². The summed E-state index contributed by atoms with van der Waals surface area (Å²) in [7, 11) is 0. The first-order chi connectivity index (χ1) is 11.6. The number of aromatic nitrogens is 2. The highest BCUT2D eigenvalue weighted by atomic mass is 35.5. The van der Waals surface area contributed by atoms with E-state index in [1.54, 1.807) is 35.1 Å². The van der Waals surface area contributed by atoms with Crippen molar-refractivity contribution in [2.24, 2.45) is 0 Å². The van der Waals surface area contributed by atoms with Crippen molar-refractivity contribution >= 4 is 34.9 Å². The molecule has 2 aromatic carbocycles. The molecule has 0 aliphatic heterocycles. The largest absolute Gasteiger partial charge is 0.311 e. The van der Waals surface area contributed by atoms with E-state index in [9.17, 15) is 4.79 Å². The molecule has 3 rings (SSSR count). The van der Waals surface area contributed by atoms with Crippen molar-refractivity contribution < 1.29 is 4.79 Å². The van der Waals surface area contributed by atoms with Crippen LogP contribution in [0.5, 0.6) is 0 Å². The molecule has 0 radical (unpaired) electrons. The van der Waals surface area contributed by atoms with Crippen molar-refractivity contribution in [2.75, 3.05) is 5.32 Å². The molecule has 4 nitrogen and oxygen atoms in total. The lowest BCUT2D eigenvalue weighted by Crippen LogP contribution is -2.18. The van der Waals surface area contributed by atoms with Gasteiger partial charge in [0.1, 0.15) is 5.82 Å². The number of carbonyl (C=O) groups excluding carboxylic acids is 1. The van der Waals surface area contributed by atoms with Gasteiger partial charge < -0.3 is 5.32 Å². The van der Waals surface area contributed by atoms with Gasteiger partial charge in [-0.1, -0.05) is 59.6 Å². The third-order valence-electron chi connectivity index (χ3n) is 3.56. The fourth-order valence-corrected chi connectivity index (χ4v) is 2.88. The Balaban J connectivity index is 1.72. The minimum absolute atomic E-state index is 0.104. The van der Waals surface area contributed by atoms with Crippen molar-refractivity contribution in [1.29, 1.82) is 0 Å². The molecule has 0 unspecified atom stereocenters. The molecule has 0 spiro atoms. The summed E-state index contributed by atoms with van der Waals surface area (Å²) in [6.45, 7) is 0.381. The minimum atomic E-state index is -0.104. The van der Waals surface area contributed by atoms with Crippen LogP contribution in [-0.4, -0.2) is 15.7 Å². The van der Waals surface area contributed by atoms with Crippen LogP contribution in [0.4, 0.5) is 5.82 Å². The van der Waals surface area contributed by atoms with E-state index < -0.39 is 0 Å². The van der Waals surface area contributed by atoms with Crippen molar-refractivity contribution in [3.05, 3.63) is 82.0 Å². The molecule has 1 amide bonds. The molecule has 1 heterocycles. The molecule has 0 saturated carbocycles. The Bertz CT molecular complexity index is 826. The summed E-state index contributed by atoms with van der Waals surface area (Å²) >= 11 is 12.4. The van der Waals surface area contributed by atoms with Gasteiger partial charge in [0.15, 0.2) is 0 Å². The molecule has 1 aromatic heterocycles. The summed E-state index contributed by atoms with van der Waals surface area (Å²) in [5, 5.41) is 8.25. The number of amides is 1. The Kier molecular flexibility index (Phi) is 5.18. The van der Waals surface area contributed by atoms with Crippen LogP contribution in [-0.2, 0) is 17.8 Å². The lowest BCUT2D eigenvalue weighted by molar-refractivity contribution is -0.115. The maximum Gasteiger partial charge on any atom is 0.229 e. The van der Waals surface area contributed by atoms with Gasteiger partial charge in [0.2, 0.25) is 5.91 Å². The normalized spacial score (nSPS) is 10.6. The number of rotatable bonds is 5. The smallest absolute Gasteiger partial charge is 0.229 e. The number of nitrogens with zero attached hydrogens (tertiary/aromatic N) is 2. The number of hydrogen-bond acceptors (Lipinski definition) is 2. The second-order valence-electron chi connectivity index (χ2n) is 5.28. The lowest BCUT2D eigenvalue weighted by Gasteiger charge is -2.11. The molecule has 6 heteroatoms. The van der Waals surface area contributed by atoms with E-state index in [1.165, 1.54) is 0 Å². The van der Waals surface area contributed by atoms with Crippen LogP contribution in [0.2, 0.25) is 10.0 Å². The van der Waals surface area contributed by atoms with E-state index in [0.717, 1.165) is 11.1 Å². The minimum Gasteiger partial charge on any atom is -0.311 e. The summed E-state index contributed by atoms with van der Waals surface area (Å²) in [6.07, 6.45) is 1.93. The fourth-order valence-electron chi connectivity index (χ4n) is 2.37. The van der Waals surface area contributed by atoms with Crippen LogP contribution in [0.15, 0.2) is 60.8 Å². The third kappa shape index (κ3) is 3.96. The molecule has 24 heavy (non-hydrogen) atoms. The number of anilines is 1. The predicted octanol–water partition coefficient (Wildman–Crippen LogP) is 4.42. The molecule has 0 aliphatic carbocycles.